The number of aromatic amines is 1. The topological polar surface area (TPSA) is 90.3 Å². The first-order valence-corrected chi connectivity index (χ1v) is 12.5. The summed E-state index contributed by atoms with van der Waals surface area (Å²) in [5.41, 5.74) is 6.64. The first-order chi connectivity index (χ1) is 17.2. The fourth-order valence-electron chi connectivity index (χ4n) is 4.87. The van der Waals surface area contributed by atoms with Crippen LogP contribution in [0.5, 0.6) is 0 Å². The second kappa shape index (κ2) is 9.43. The molecule has 0 spiro atoms. The van der Waals surface area contributed by atoms with E-state index < -0.39 is 5.97 Å². The molecule has 0 aliphatic carbocycles. The van der Waals surface area contributed by atoms with E-state index in [1.165, 1.54) is 5.56 Å². The number of aliphatic carboxylic acids is 1. The number of hydrogen-bond acceptors (Lipinski definition) is 5. The van der Waals surface area contributed by atoms with Crippen LogP contribution in [0.25, 0.3) is 22.4 Å². The lowest BCUT2D eigenvalue weighted by Gasteiger charge is -2.35. The molecular formula is C28H34N6O2. The van der Waals surface area contributed by atoms with E-state index in [9.17, 15) is 4.79 Å². The zero-order chi connectivity index (χ0) is 25.4. The number of fused-ring (bicyclic) bond motifs is 1. The fourth-order valence-corrected chi connectivity index (χ4v) is 4.87. The summed E-state index contributed by atoms with van der Waals surface area (Å²) in [6.07, 6.45) is 1.86. The van der Waals surface area contributed by atoms with Crippen LogP contribution in [0.3, 0.4) is 0 Å². The zero-order valence-electron chi connectivity index (χ0n) is 21.5. The summed E-state index contributed by atoms with van der Waals surface area (Å²) in [5, 5.41) is 9.07. The number of benzene rings is 2. The summed E-state index contributed by atoms with van der Waals surface area (Å²) >= 11 is 0. The molecule has 8 nitrogen and oxygen atoms in total. The van der Waals surface area contributed by atoms with Gasteiger partial charge in [0.1, 0.15) is 23.7 Å². The molecule has 1 aliphatic rings. The van der Waals surface area contributed by atoms with E-state index in [1.54, 1.807) is 4.57 Å². The number of nitrogens with zero attached hydrogens (tertiary/aromatic N) is 5. The molecule has 2 aromatic carbocycles. The van der Waals surface area contributed by atoms with Gasteiger partial charge in [-0.3, -0.25) is 9.69 Å². The van der Waals surface area contributed by atoms with Crippen molar-refractivity contribution in [2.45, 2.75) is 46.2 Å². The van der Waals surface area contributed by atoms with Gasteiger partial charge in [-0.05, 0) is 30.0 Å². The van der Waals surface area contributed by atoms with Crippen LogP contribution < -0.4 is 4.90 Å². The van der Waals surface area contributed by atoms with Gasteiger partial charge in [0.05, 0.1) is 16.9 Å². The smallest absolute Gasteiger partial charge is 0.323 e. The molecule has 1 fully saturated rings. The summed E-state index contributed by atoms with van der Waals surface area (Å²) in [6, 6.07) is 15.0. The molecule has 8 heteroatoms. The van der Waals surface area contributed by atoms with Crippen LogP contribution in [0, 0.1) is 6.92 Å². The van der Waals surface area contributed by atoms with Crippen molar-refractivity contribution in [2.24, 2.45) is 0 Å². The third kappa shape index (κ3) is 4.99. The molecule has 0 bridgehead atoms. The van der Waals surface area contributed by atoms with E-state index in [1.807, 2.05) is 13.1 Å². The first kappa shape index (κ1) is 24.1. The molecule has 4 aromatic rings. The second-order valence-corrected chi connectivity index (χ2v) is 10.7. The van der Waals surface area contributed by atoms with Gasteiger partial charge in [-0.15, -0.1) is 0 Å². The van der Waals surface area contributed by atoms with Crippen molar-refractivity contribution in [3.05, 3.63) is 65.7 Å². The van der Waals surface area contributed by atoms with Crippen molar-refractivity contribution in [3.63, 3.8) is 0 Å². The lowest BCUT2D eigenvalue weighted by atomic mass is 9.87. The highest BCUT2D eigenvalue weighted by Gasteiger charge is 2.22. The average molecular weight is 487 g/mol. The minimum absolute atomic E-state index is 0.0526. The predicted octanol–water partition coefficient (Wildman–Crippen LogP) is 4.44. The Labute approximate surface area is 211 Å². The molecule has 188 valence electrons. The Morgan fingerprint density at radius 2 is 1.75 bits per heavy atom. The second-order valence-electron chi connectivity index (χ2n) is 10.7. The molecule has 0 atom stereocenters. The Kier molecular flexibility index (Phi) is 6.30. The van der Waals surface area contributed by atoms with Gasteiger partial charge in [0, 0.05) is 44.5 Å². The van der Waals surface area contributed by atoms with E-state index in [0.29, 0.717) is 0 Å². The molecule has 2 N–H and O–H groups in total. The van der Waals surface area contributed by atoms with Crippen molar-refractivity contribution in [1.82, 2.24) is 24.4 Å². The lowest BCUT2D eigenvalue weighted by Crippen LogP contribution is -2.46. The maximum Gasteiger partial charge on any atom is 0.323 e. The molecular weight excluding hydrogens is 452 g/mol. The van der Waals surface area contributed by atoms with Crippen molar-refractivity contribution < 1.29 is 9.90 Å². The van der Waals surface area contributed by atoms with Crippen LogP contribution in [0.1, 0.15) is 37.9 Å². The normalized spacial score (nSPS) is 15.1. The van der Waals surface area contributed by atoms with E-state index in [2.05, 4.69) is 83.0 Å². The van der Waals surface area contributed by atoms with Crippen molar-refractivity contribution in [3.8, 4) is 11.4 Å². The van der Waals surface area contributed by atoms with Gasteiger partial charge >= 0.3 is 5.97 Å². The van der Waals surface area contributed by atoms with E-state index in [4.69, 9.17) is 10.1 Å². The van der Waals surface area contributed by atoms with Gasteiger partial charge in [0.2, 0.25) is 0 Å². The number of anilines is 1. The SMILES string of the molecule is Cc1nc(CN2CCN(c3cccc4[nH]c(-c5ccc(C(C)(C)C)cc5)nc34)CC2)cn1CC(=O)O. The Hall–Kier alpha value is -3.65. The number of carbonyl (C=O) groups is 1. The Bertz CT molecular complexity index is 1370. The number of para-hydroxylation sites is 1. The minimum Gasteiger partial charge on any atom is -0.480 e. The van der Waals surface area contributed by atoms with E-state index in [-0.39, 0.29) is 12.0 Å². The third-order valence-corrected chi connectivity index (χ3v) is 6.95. The van der Waals surface area contributed by atoms with Crippen LogP contribution in [0.2, 0.25) is 0 Å². The molecule has 3 heterocycles. The summed E-state index contributed by atoms with van der Waals surface area (Å²) < 4.78 is 1.69. The number of piperazine rings is 1. The Morgan fingerprint density at radius 3 is 2.42 bits per heavy atom. The van der Waals surface area contributed by atoms with Gasteiger partial charge < -0.3 is 19.6 Å². The summed E-state index contributed by atoms with van der Waals surface area (Å²) in [6.45, 7) is 12.8. The highest BCUT2D eigenvalue weighted by Crippen LogP contribution is 2.30. The fraction of sp³-hybridized carbons (Fsp3) is 0.393. The van der Waals surface area contributed by atoms with Crippen LogP contribution in [-0.4, -0.2) is 61.7 Å². The van der Waals surface area contributed by atoms with Gasteiger partial charge in [-0.2, -0.15) is 0 Å². The Morgan fingerprint density at radius 1 is 1.03 bits per heavy atom. The van der Waals surface area contributed by atoms with Crippen molar-refractivity contribution >= 4 is 22.7 Å². The molecule has 0 amide bonds. The van der Waals surface area contributed by atoms with E-state index >= 15 is 0 Å². The number of nitrogens with one attached hydrogen (secondary N) is 1. The molecule has 0 saturated carbocycles. The van der Waals surface area contributed by atoms with Gasteiger partial charge in [0.15, 0.2) is 0 Å². The maximum atomic E-state index is 11.0. The lowest BCUT2D eigenvalue weighted by molar-refractivity contribution is -0.137. The molecule has 2 aromatic heterocycles. The molecule has 36 heavy (non-hydrogen) atoms. The molecule has 0 radical (unpaired) electrons. The highest BCUT2D eigenvalue weighted by molar-refractivity contribution is 5.91. The van der Waals surface area contributed by atoms with Gasteiger partial charge in [-0.25, -0.2) is 9.97 Å². The number of rotatable bonds is 6. The van der Waals surface area contributed by atoms with Gasteiger partial charge in [0.25, 0.3) is 0 Å². The third-order valence-electron chi connectivity index (χ3n) is 6.95. The summed E-state index contributed by atoms with van der Waals surface area (Å²) in [7, 11) is 0. The standard InChI is InChI=1S/C28H34N6O2/c1-19-29-22(17-34(19)18-25(35)36)16-32-12-14-33(15-13-32)24-7-5-6-23-26(24)31-27(30-23)20-8-10-21(11-9-20)28(2,3)4/h5-11,17H,12-16,18H2,1-4H3,(H,30,31)(H,35,36). The van der Waals surface area contributed by atoms with Crippen LogP contribution in [0.15, 0.2) is 48.7 Å². The maximum absolute atomic E-state index is 11.0. The number of carboxylic acid groups (broad SMARTS) is 1. The number of aromatic nitrogens is 4. The minimum atomic E-state index is -0.853. The van der Waals surface area contributed by atoms with Gasteiger partial charge in [-0.1, -0.05) is 51.1 Å². The molecule has 1 saturated heterocycles. The first-order valence-electron chi connectivity index (χ1n) is 12.5. The zero-order valence-corrected chi connectivity index (χ0v) is 21.5. The number of carboxylic acids is 1. The Balaban J connectivity index is 1.28. The van der Waals surface area contributed by atoms with Crippen molar-refractivity contribution in [2.75, 3.05) is 31.1 Å². The molecule has 5 rings (SSSR count). The van der Waals surface area contributed by atoms with Crippen molar-refractivity contribution in [1.29, 1.82) is 0 Å². The monoisotopic (exact) mass is 486 g/mol. The van der Waals surface area contributed by atoms with E-state index in [0.717, 1.165) is 72.4 Å². The highest BCUT2D eigenvalue weighted by atomic mass is 16.4. The molecule has 1 aliphatic heterocycles. The quantitative estimate of drug-likeness (QED) is 0.419. The molecule has 0 unspecified atom stereocenters. The number of H-pyrrole nitrogens is 1. The summed E-state index contributed by atoms with van der Waals surface area (Å²) in [5.74, 6) is 0.775. The van der Waals surface area contributed by atoms with Crippen LogP contribution in [-0.2, 0) is 23.3 Å². The van der Waals surface area contributed by atoms with Crippen LogP contribution in [0.4, 0.5) is 5.69 Å². The predicted molar refractivity (Wildman–Crippen MR) is 142 cm³/mol. The average Bonchev–Trinajstić information content (AvgIpc) is 3.42. The largest absolute Gasteiger partial charge is 0.480 e. The number of hydrogen-bond donors (Lipinski definition) is 2. The number of aryl methyl sites for hydroxylation is 1. The summed E-state index contributed by atoms with van der Waals surface area (Å²) in [4.78, 5) is 28.9. The number of imidazole rings is 2. The van der Waals surface area contributed by atoms with Crippen LogP contribution >= 0.6 is 0 Å².